The molecule has 7 heteroatoms. The standard InChI is InChI=1S/C27H41NO5Si/c1-26(2,3)33-25(29)28-17-18-30-19-20-31-21-22-32-34(27(4,5)6,23-13-9-7-10-14-23)24-15-11-8-12-16-24/h7-16H,17-22H2,1-6H3,(H,28,29). The normalized spacial score (nSPS) is 12.4. The summed E-state index contributed by atoms with van der Waals surface area (Å²) in [5.41, 5.74) is -0.505. The van der Waals surface area contributed by atoms with Crippen LogP contribution in [0.25, 0.3) is 0 Å². The van der Waals surface area contributed by atoms with E-state index in [4.69, 9.17) is 18.6 Å². The van der Waals surface area contributed by atoms with Crippen molar-refractivity contribution in [2.45, 2.75) is 52.2 Å². The molecule has 1 amide bonds. The van der Waals surface area contributed by atoms with E-state index < -0.39 is 20.0 Å². The molecule has 0 saturated heterocycles. The molecule has 0 unspecified atom stereocenters. The van der Waals surface area contributed by atoms with Crippen molar-refractivity contribution in [3.05, 3.63) is 60.7 Å². The van der Waals surface area contributed by atoms with E-state index in [0.717, 1.165) is 0 Å². The van der Waals surface area contributed by atoms with E-state index in [0.29, 0.717) is 39.6 Å². The average molecular weight is 488 g/mol. The maximum Gasteiger partial charge on any atom is 0.407 e. The molecule has 2 rings (SSSR count). The molecule has 0 bridgehead atoms. The van der Waals surface area contributed by atoms with Crippen molar-refractivity contribution < 1.29 is 23.4 Å². The third kappa shape index (κ3) is 8.54. The number of carbonyl (C=O) groups is 1. The number of rotatable bonds is 12. The fourth-order valence-corrected chi connectivity index (χ4v) is 8.42. The van der Waals surface area contributed by atoms with Crippen molar-refractivity contribution in [3.63, 3.8) is 0 Å². The van der Waals surface area contributed by atoms with Crippen molar-refractivity contribution >= 4 is 24.8 Å². The molecule has 6 nitrogen and oxygen atoms in total. The summed E-state index contributed by atoms with van der Waals surface area (Å²) in [7, 11) is -2.53. The van der Waals surface area contributed by atoms with Gasteiger partial charge < -0.3 is 24.0 Å². The monoisotopic (exact) mass is 487 g/mol. The van der Waals surface area contributed by atoms with Crippen LogP contribution >= 0.6 is 0 Å². The highest BCUT2D eigenvalue weighted by Crippen LogP contribution is 2.36. The summed E-state index contributed by atoms with van der Waals surface area (Å²) in [6.45, 7) is 15.0. The summed E-state index contributed by atoms with van der Waals surface area (Å²) in [4.78, 5) is 11.6. The third-order valence-corrected chi connectivity index (χ3v) is 10.3. The maximum atomic E-state index is 11.6. The van der Waals surface area contributed by atoms with E-state index in [2.05, 4.69) is 74.6 Å². The second-order valence-corrected chi connectivity index (χ2v) is 14.5. The summed E-state index contributed by atoms with van der Waals surface area (Å²) >= 11 is 0. The van der Waals surface area contributed by atoms with Crippen molar-refractivity contribution in [3.8, 4) is 0 Å². The summed E-state index contributed by atoms with van der Waals surface area (Å²) in [6, 6.07) is 21.2. The molecule has 0 aliphatic rings. The van der Waals surface area contributed by atoms with Gasteiger partial charge in [0.2, 0.25) is 0 Å². The van der Waals surface area contributed by atoms with Gasteiger partial charge in [-0.1, -0.05) is 81.4 Å². The number of hydrogen-bond acceptors (Lipinski definition) is 5. The minimum Gasteiger partial charge on any atom is -0.444 e. The highest BCUT2D eigenvalue weighted by atomic mass is 28.4. The molecule has 0 heterocycles. The molecule has 0 radical (unpaired) electrons. The SMILES string of the molecule is CC(C)(C)OC(=O)NCCOCCOCCO[Si](c1ccccc1)(c1ccccc1)C(C)(C)C. The molecule has 34 heavy (non-hydrogen) atoms. The first-order chi connectivity index (χ1) is 16.1. The van der Waals surface area contributed by atoms with Crippen LogP contribution in [0.2, 0.25) is 5.04 Å². The van der Waals surface area contributed by atoms with E-state index in [-0.39, 0.29) is 5.04 Å². The minimum absolute atomic E-state index is 0.0556. The average Bonchev–Trinajstić information content (AvgIpc) is 2.77. The van der Waals surface area contributed by atoms with Gasteiger partial charge in [0.25, 0.3) is 8.32 Å². The van der Waals surface area contributed by atoms with E-state index in [1.807, 2.05) is 32.9 Å². The highest BCUT2D eigenvalue weighted by molar-refractivity contribution is 6.99. The molecule has 0 atom stereocenters. The predicted octanol–water partition coefficient (Wildman–Crippen LogP) is 4.12. The van der Waals surface area contributed by atoms with Crippen molar-refractivity contribution in [1.82, 2.24) is 5.32 Å². The molecule has 0 aliphatic carbocycles. The predicted molar refractivity (Wildman–Crippen MR) is 139 cm³/mol. The Morgan fingerprint density at radius 3 is 1.68 bits per heavy atom. The number of alkyl carbamates (subject to hydrolysis) is 1. The van der Waals surface area contributed by atoms with Gasteiger partial charge in [0.05, 0.1) is 33.0 Å². The highest BCUT2D eigenvalue weighted by Gasteiger charge is 2.49. The summed E-state index contributed by atoms with van der Waals surface area (Å²) in [5, 5.41) is 5.13. The van der Waals surface area contributed by atoms with E-state index in [1.54, 1.807) is 0 Å². The smallest absolute Gasteiger partial charge is 0.407 e. The molecule has 0 spiro atoms. The Bertz CT molecular complexity index is 807. The van der Waals surface area contributed by atoms with Crippen LogP contribution in [0.3, 0.4) is 0 Å². The van der Waals surface area contributed by atoms with Gasteiger partial charge in [0.15, 0.2) is 0 Å². The topological polar surface area (TPSA) is 66.0 Å². The lowest BCUT2D eigenvalue weighted by Crippen LogP contribution is -2.66. The Balaban J connectivity index is 1.81. The quantitative estimate of drug-likeness (QED) is 0.360. The molecule has 0 aliphatic heterocycles. The Labute approximate surface area is 206 Å². The van der Waals surface area contributed by atoms with Gasteiger partial charge in [-0.15, -0.1) is 0 Å². The lowest BCUT2D eigenvalue weighted by atomic mass is 10.2. The van der Waals surface area contributed by atoms with E-state index in [1.165, 1.54) is 10.4 Å². The fourth-order valence-electron chi connectivity index (χ4n) is 3.88. The second-order valence-electron chi connectivity index (χ2n) is 10.2. The van der Waals surface area contributed by atoms with Gasteiger partial charge in [0.1, 0.15) is 5.60 Å². The number of amides is 1. The first-order valence-corrected chi connectivity index (χ1v) is 13.8. The molecule has 2 aromatic rings. The molecule has 188 valence electrons. The van der Waals surface area contributed by atoms with Crippen molar-refractivity contribution in [1.29, 1.82) is 0 Å². The van der Waals surface area contributed by atoms with Gasteiger partial charge in [-0.25, -0.2) is 4.79 Å². The summed E-state index contributed by atoms with van der Waals surface area (Å²) in [6.07, 6.45) is -0.437. The third-order valence-electron chi connectivity index (χ3n) is 5.25. The van der Waals surface area contributed by atoms with Crippen LogP contribution in [0.5, 0.6) is 0 Å². The van der Waals surface area contributed by atoms with Gasteiger partial charge in [0, 0.05) is 6.54 Å². The molecular weight excluding hydrogens is 446 g/mol. The zero-order valence-electron chi connectivity index (χ0n) is 21.6. The zero-order valence-corrected chi connectivity index (χ0v) is 22.6. The molecule has 0 fully saturated rings. The van der Waals surface area contributed by atoms with Gasteiger partial charge in [-0.2, -0.15) is 0 Å². The molecule has 2 aromatic carbocycles. The molecule has 0 aromatic heterocycles. The maximum absolute atomic E-state index is 11.6. The molecule has 1 N–H and O–H groups in total. The van der Waals surface area contributed by atoms with Crippen molar-refractivity contribution in [2.75, 3.05) is 39.6 Å². The number of benzene rings is 2. The van der Waals surface area contributed by atoms with Crippen LogP contribution in [0.15, 0.2) is 60.7 Å². The van der Waals surface area contributed by atoms with Crippen LogP contribution in [0.4, 0.5) is 4.79 Å². The van der Waals surface area contributed by atoms with Crippen LogP contribution < -0.4 is 15.7 Å². The van der Waals surface area contributed by atoms with Gasteiger partial charge >= 0.3 is 6.09 Å². The number of nitrogens with one attached hydrogen (secondary N) is 1. The largest absolute Gasteiger partial charge is 0.444 e. The number of carbonyl (C=O) groups excluding carboxylic acids is 1. The van der Waals surface area contributed by atoms with Crippen LogP contribution in [-0.2, 0) is 18.6 Å². The van der Waals surface area contributed by atoms with Crippen molar-refractivity contribution in [2.24, 2.45) is 0 Å². The number of ether oxygens (including phenoxy) is 3. The Hall–Kier alpha value is -2.19. The first-order valence-electron chi connectivity index (χ1n) is 11.9. The first kappa shape index (κ1) is 28.0. The molecular formula is C27H41NO5Si. The Morgan fingerprint density at radius 1 is 0.735 bits per heavy atom. The summed E-state index contributed by atoms with van der Waals surface area (Å²) < 4.78 is 23.3. The van der Waals surface area contributed by atoms with E-state index in [9.17, 15) is 4.79 Å². The van der Waals surface area contributed by atoms with Crippen LogP contribution in [-0.4, -0.2) is 59.6 Å². The lowest BCUT2D eigenvalue weighted by Gasteiger charge is -2.43. The Kier molecular flexibility index (Phi) is 10.8. The van der Waals surface area contributed by atoms with Crippen LogP contribution in [0.1, 0.15) is 41.5 Å². The number of hydrogen-bond donors (Lipinski definition) is 1. The molecule has 0 saturated carbocycles. The Morgan fingerprint density at radius 2 is 1.21 bits per heavy atom. The lowest BCUT2D eigenvalue weighted by molar-refractivity contribution is 0.0319. The summed E-state index contributed by atoms with van der Waals surface area (Å²) in [5.74, 6) is 0. The zero-order chi connectivity index (χ0) is 25.1. The van der Waals surface area contributed by atoms with Gasteiger partial charge in [-0.05, 0) is 36.2 Å². The second kappa shape index (κ2) is 13.0. The van der Waals surface area contributed by atoms with Crippen LogP contribution in [0, 0.1) is 0 Å². The van der Waals surface area contributed by atoms with Gasteiger partial charge in [-0.3, -0.25) is 0 Å². The fraction of sp³-hybridized carbons (Fsp3) is 0.519. The van der Waals surface area contributed by atoms with E-state index >= 15 is 0 Å². The minimum atomic E-state index is -2.53.